The minimum Gasteiger partial charge on any atom is -0.437 e. The zero-order valence-corrected chi connectivity index (χ0v) is 11.8. The van der Waals surface area contributed by atoms with E-state index < -0.39 is 0 Å². The van der Waals surface area contributed by atoms with E-state index in [0.29, 0.717) is 17.4 Å². The summed E-state index contributed by atoms with van der Waals surface area (Å²) in [7, 11) is 0. The molecule has 3 rings (SSSR count). The molecule has 1 aromatic carbocycles. The average molecular weight is 280 g/mol. The molecule has 0 fully saturated rings. The number of rotatable bonds is 5. The van der Waals surface area contributed by atoms with Gasteiger partial charge in [0.1, 0.15) is 11.6 Å². The molecule has 0 aliphatic carbocycles. The second kappa shape index (κ2) is 6.17. The Labute approximate surface area is 123 Å². The van der Waals surface area contributed by atoms with Gasteiger partial charge in [-0.1, -0.05) is 13.0 Å². The van der Waals surface area contributed by atoms with E-state index >= 15 is 0 Å². The van der Waals surface area contributed by atoms with E-state index in [1.54, 1.807) is 18.6 Å². The molecular formula is C16H16N4O. The Morgan fingerprint density at radius 1 is 1.19 bits per heavy atom. The van der Waals surface area contributed by atoms with E-state index in [1.165, 1.54) is 0 Å². The lowest BCUT2D eigenvalue weighted by molar-refractivity contribution is 0.461. The fourth-order valence-electron chi connectivity index (χ4n) is 1.97. The van der Waals surface area contributed by atoms with E-state index in [9.17, 15) is 0 Å². The summed E-state index contributed by atoms with van der Waals surface area (Å²) in [5.74, 6) is 1.88. The number of nitrogens with zero attached hydrogens (tertiary/aromatic N) is 3. The van der Waals surface area contributed by atoms with Gasteiger partial charge in [0.25, 0.3) is 0 Å². The monoisotopic (exact) mass is 280 g/mol. The van der Waals surface area contributed by atoms with Crippen LogP contribution in [0.5, 0.6) is 11.6 Å². The summed E-state index contributed by atoms with van der Waals surface area (Å²) in [5, 5.41) is 4.26. The van der Waals surface area contributed by atoms with E-state index in [4.69, 9.17) is 4.74 Å². The third kappa shape index (κ3) is 3.25. The van der Waals surface area contributed by atoms with Crippen molar-refractivity contribution in [2.45, 2.75) is 13.3 Å². The van der Waals surface area contributed by atoms with E-state index in [0.717, 1.165) is 23.9 Å². The fraction of sp³-hybridized carbons (Fsp3) is 0.188. The molecule has 106 valence electrons. The lowest BCUT2D eigenvalue weighted by atomic mass is 10.2. The Balaban J connectivity index is 1.81. The third-order valence-electron chi connectivity index (χ3n) is 2.97. The van der Waals surface area contributed by atoms with Crippen molar-refractivity contribution in [1.29, 1.82) is 0 Å². The number of anilines is 1. The summed E-state index contributed by atoms with van der Waals surface area (Å²) in [6, 6.07) is 9.70. The Bertz CT molecular complexity index is 745. The van der Waals surface area contributed by atoms with Crippen LogP contribution in [-0.2, 0) is 0 Å². The fourth-order valence-corrected chi connectivity index (χ4v) is 1.97. The van der Waals surface area contributed by atoms with Crippen molar-refractivity contribution < 1.29 is 4.74 Å². The van der Waals surface area contributed by atoms with Crippen LogP contribution in [0.1, 0.15) is 13.3 Å². The largest absolute Gasteiger partial charge is 0.437 e. The summed E-state index contributed by atoms with van der Waals surface area (Å²) in [4.78, 5) is 12.8. The molecule has 2 aromatic heterocycles. The zero-order valence-electron chi connectivity index (χ0n) is 11.8. The molecule has 5 nitrogen and oxygen atoms in total. The second-order valence-electron chi connectivity index (χ2n) is 4.63. The Morgan fingerprint density at radius 2 is 2.14 bits per heavy atom. The molecule has 0 bridgehead atoms. The van der Waals surface area contributed by atoms with Crippen molar-refractivity contribution in [3.63, 3.8) is 0 Å². The highest BCUT2D eigenvalue weighted by Crippen LogP contribution is 2.23. The van der Waals surface area contributed by atoms with Crippen molar-refractivity contribution in [2.75, 3.05) is 11.9 Å². The molecule has 0 radical (unpaired) electrons. The lowest BCUT2D eigenvalue weighted by Crippen LogP contribution is -2.02. The van der Waals surface area contributed by atoms with Crippen LogP contribution in [0.25, 0.3) is 10.9 Å². The zero-order chi connectivity index (χ0) is 14.5. The Kier molecular flexibility index (Phi) is 3.91. The number of ether oxygens (including phenoxy) is 1. The van der Waals surface area contributed by atoms with Gasteiger partial charge in [-0.05, 0) is 24.6 Å². The molecule has 3 aromatic rings. The van der Waals surface area contributed by atoms with Gasteiger partial charge in [0, 0.05) is 24.2 Å². The molecule has 0 aliphatic heterocycles. The van der Waals surface area contributed by atoms with Crippen LogP contribution < -0.4 is 10.1 Å². The van der Waals surface area contributed by atoms with E-state index in [2.05, 4.69) is 27.2 Å². The van der Waals surface area contributed by atoms with Gasteiger partial charge in [-0.2, -0.15) is 4.98 Å². The molecule has 21 heavy (non-hydrogen) atoms. The minimum absolute atomic E-state index is 0.464. The van der Waals surface area contributed by atoms with Crippen molar-refractivity contribution in [1.82, 2.24) is 15.0 Å². The molecule has 5 heteroatoms. The smallest absolute Gasteiger partial charge is 0.239 e. The van der Waals surface area contributed by atoms with Gasteiger partial charge in [-0.25, -0.2) is 0 Å². The van der Waals surface area contributed by atoms with Crippen LogP contribution in [-0.4, -0.2) is 21.5 Å². The number of fused-ring (bicyclic) bond motifs is 1. The molecule has 0 amide bonds. The molecule has 0 unspecified atom stereocenters. The molecule has 0 saturated carbocycles. The first-order valence-corrected chi connectivity index (χ1v) is 6.94. The first-order valence-electron chi connectivity index (χ1n) is 6.94. The van der Waals surface area contributed by atoms with Gasteiger partial charge in [0.2, 0.25) is 5.88 Å². The highest BCUT2D eigenvalue weighted by atomic mass is 16.5. The number of pyridine rings is 1. The maximum Gasteiger partial charge on any atom is 0.239 e. The highest BCUT2D eigenvalue weighted by Gasteiger charge is 2.03. The summed E-state index contributed by atoms with van der Waals surface area (Å²) >= 11 is 0. The Hall–Kier alpha value is -2.69. The lowest BCUT2D eigenvalue weighted by Gasteiger charge is -2.07. The van der Waals surface area contributed by atoms with Crippen LogP contribution in [0.4, 0.5) is 5.82 Å². The van der Waals surface area contributed by atoms with Crippen LogP contribution in [0.3, 0.4) is 0 Å². The number of benzene rings is 1. The predicted molar refractivity (Wildman–Crippen MR) is 82.6 cm³/mol. The van der Waals surface area contributed by atoms with Gasteiger partial charge >= 0.3 is 0 Å². The van der Waals surface area contributed by atoms with E-state index in [1.807, 2.05) is 30.3 Å². The first-order chi connectivity index (χ1) is 10.3. The molecular weight excluding hydrogens is 264 g/mol. The molecule has 1 N–H and O–H groups in total. The van der Waals surface area contributed by atoms with E-state index in [-0.39, 0.29) is 0 Å². The topological polar surface area (TPSA) is 59.9 Å². The van der Waals surface area contributed by atoms with Crippen molar-refractivity contribution in [3.8, 4) is 11.6 Å². The summed E-state index contributed by atoms with van der Waals surface area (Å²) in [6.07, 6.45) is 6.08. The number of nitrogens with one attached hydrogen (secondary N) is 1. The summed E-state index contributed by atoms with van der Waals surface area (Å²) in [6.45, 7) is 2.96. The molecule has 0 atom stereocenters. The highest BCUT2D eigenvalue weighted by molar-refractivity contribution is 5.79. The second-order valence-corrected chi connectivity index (χ2v) is 4.63. The average Bonchev–Trinajstić information content (AvgIpc) is 2.53. The maximum atomic E-state index is 5.75. The normalized spacial score (nSPS) is 10.5. The predicted octanol–water partition coefficient (Wildman–Crippen LogP) is 3.64. The molecule has 0 spiro atoms. The first kappa shape index (κ1) is 13.3. The van der Waals surface area contributed by atoms with Gasteiger partial charge in [-0.15, -0.1) is 0 Å². The minimum atomic E-state index is 0.464. The van der Waals surface area contributed by atoms with Gasteiger partial charge in [0.05, 0.1) is 17.9 Å². The molecule has 0 aliphatic rings. The Morgan fingerprint density at radius 3 is 3.05 bits per heavy atom. The van der Waals surface area contributed by atoms with Crippen LogP contribution in [0.2, 0.25) is 0 Å². The molecule has 0 saturated heterocycles. The maximum absolute atomic E-state index is 5.75. The van der Waals surface area contributed by atoms with Crippen LogP contribution in [0, 0.1) is 0 Å². The summed E-state index contributed by atoms with van der Waals surface area (Å²) in [5.41, 5.74) is 0.892. The number of aromatic nitrogens is 3. The summed E-state index contributed by atoms with van der Waals surface area (Å²) < 4.78 is 5.75. The van der Waals surface area contributed by atoms with Gasteiger partial charge < -0.3 is 10.1 Å². The quantitative estimate of drug-likeness (QED) is 0.773. The van der Waals surface area contributed by atoms with Gasteiger partial charge in [-0.3, -0.25) is 9.97 Å². The SMILES string of the molecule is CCCNc1cncc(Oc2ccc3cccnc3c2)n1. The molecule has 2 heterocycles. The van der Waals surface area contributed by atoms with Crippen molar-refractivity contribution >= 4 is 16.7 Å². The standard InChI is InChI=1S/C16H16N4O/c1-2-7-19-15-10-17-11-16(20-15)21-13-6-5-12-4-3-8-18-14(12)9-13/h3-6,8-11H,2,7H2,1H3,(H,19,20). The third-order valence-corrected chi connectivity index (χ3v) is 2.97. The van der Waals surface area contributed by atoms with Crippen molar-refractivity contribution in [2.24, 2.45) is 0 Å². The van der Waals surface area contributed by atoms with Crippen LogP contribution in [0.15, 0.2) is 48.9 Å². The van der Waals surface area contributed by atoms with Crippen LogP contribution >= 0.6 is 0 Å². The van der Waals surface area contributed by atoms with Gasteiger partial charge in [0.15, 0.2) is 0 Å². The number of hydrogen-bond donors (Lipinski definition) is 1. The van der Waals surface area contributed by atoms with Crippen molar-refractivity contribution in [3.05, 3.63) is 48.9 Å². The number of hydrogen-bond acceptors (Lipinski definition) is 5.